The highest BCUT2D eigenvalue weighted by atomic mass is 19.1. The van der Waals surface area contributed by atoms with Crippen LogP contribution in [0.5, 0.6) is 5.75 Å². The van der Waals surface area contributed by atoms with E-state index in [4.69, 9.17) is 10.5 Å². The number of hydrogen-bond donors (Lipinski definition) is 2. The van der Waals surface area contributed by atoms with Crippen LogP contribution in [0, 0.1) is 5.82 Å². The quantitative estimate of drug-likeness (QED) is 0.855. The number of benzene rings is 1. The Morgan fingerprint density at radius 1 is 1.47 bits per heavy atom. The Hall–Kier alpha value is -1.62. The minimum atomic E-state index is -0.667. The molecule has 0 heterocycles. The topological polar surface area (TPSA) is 64.3 Å². The molecule has 1 aromatic rings. The molecule has 2 atom stereocenters. The number of nitrogens with two attached hydrogens (primary N) is 1. The monoisotopic (exact) mass is 266 g/mol. The summed E-state index contributed by atoms with van der Waals surface area (Å²) in [5.41, 5.74) is 6.49. The Balaban J connectivity index is 2.07. The molecule has 1 aromatic carbocycles. The average molecular weight is 266 g/mol. The molecule has 19 heavy (non-hydrogen) atoms. The molecule has 1 fully saturated rings. The Labute approximate surface area is 112 Å². The largest absolute Gasteiger partial charge is 0.480 e. The second-order valence-electron chi connectivity index (χ2n) is 5.01. The molecule has 0 aliphatic heterocycles. The Morgan fingerprint density at radius 2 is 2.16 bits per heavy atom. The molecule has 1 aliphatic rings. The van der Waals surface area contributed by atoms with Gasteiger partial charge in [-0.1, -0.05) is 6.07 Å². The number of halogens is 1. The van der Waals surface area contributed by atoms with E-state index in [-0.39, 0.29) is 18.0 Å². The number of ether oxygens (including phenoxy) is 1. The van der Waals surface area contributed by atoms with Crippen molar-refractivity contribution in [3.05, 3.63) is 29.6 Å². The summed E-state index contributed by atoms with van der Waals surface area (Å²) < 4.78 is 18.8. The van der Waals surface area contributed by atoms with Crippen LogP contribution in [0.15, 0.2) is 18.2 Å². The third-order valence-electron chi connectivity index (χ3n) is 3.06. The molecule has 0 bridgehead atoms. The zero-order valence-corrected chi connectivity index (χ0v) is 11.2. The number of hydrogen-bond acceptors (Lipinski definition) is 3. The normalized spacial score (nSPS) is 17.7. The van der Waals surface area contributed by atoms with Gasteiger partial charge in [-0.3, -0.25) is 4.79 Å². The Kier molecular flexibility index (Phi) is 4.04. The highest BCUT2D eigenvalue weighted by Gasteiger charge is 2.26. The van der Waals surface area contributed by atoms with Crippen molar-refractivity contribution >= 4 is 5.91 Å². The van der Waals surface area contributed by atoms with Crippen molar-refractivity contribution in [2.45, 2.75) is 44.9 Å². The van der Waals surface area contributed by atoms with E-state index >= 15 is 0 Å². The van der Waals surface area contributed by atoms with E-state index in [2.05, 4.69) is 5.32 Å². The van der Waals surface area contributed by atoms with Gasteiger partial charge in [0.05, 0.1) is 0 Å². The van der Waals surface area contributed by atoms with Crippen LogP contribution < -0.4 is 15.8 Å². The van der Waals surface area contributed by atoms with Crippen LogP contribution in [0.25, 0.3) is 0 Å². The molecule has 3 N–H and O–H groups in total. The fourth-order valence-corrected chi connectivity index (χ4v) is 1.78. The summed E-state index contributed by atoms with van der Waals surface area (Å²) >= 11 is 0. The first kappa shape index (κ1) is 13.8. The number of amides is 1. The van der Waals surface area contributed by atoms with E-state index in [9.17, 15) is 9.18 Å². The van der Waals surface area contributed by atoms with Gasteiger partial charge >= 0.3 is 0 Å². The molecule has 1 amide bonds. The third kappa shape index (κ3) is 3.67. The minimum absolute atomic E-state index is 0.178. The molecule has 0 saturated heterocycles. The third-order valence-corrected chi connectivity index (χ3v) is 3.06. The highest BCUT2D eigenvalue weighted by molar-refractivity contribution is 5.81. The van der Waals surface area contributed by atoms with Gasteiger partial charge in [0, 0.05) is 23.7 Å². The second-order valence-corrected chi connectivity index (χ2v) is 5.01. The number of carbonyl (C=O) groups excluding carboxylic acids is 1. The van der Waals surface area contributed by atoms with Crippen molar-refractivity contribution < 1.29 is 13.9 Å². The number of nitrogens with one attached hydrogen (secondary N) is 1. The maximum absolute atomic E-state index is 13.3. The van der Waals surface area contributed by atoms with Gasteiger partial charge in [-0.15, -0.1) is 0 Å². The van der Waals surface area contributed by atoms with Crippen LogP contribution in [0.3, 0.4) is 0 Å². The summed E-state index contributed by atoms with van der Waals surface area (Å²) in [6, 6.07) is 4.18. The van der Waals surface area contributed by atoms with Crippen molar-refractivity contribution in [3.63, 3.8) is 0 Å². The fraction of sp³-hybridized carbons (Fsp3) is 0.500. The molecule has 1 saturated carbocycles. The van der Waals surface area contributed by atoms with E-state index < -0.39 is 11.9 Å². The number of rotatable bonds is 5. The molecule has 0 radical (unpaired) electrons. The van der Waals surface area contributed by atoms with Crippen LogP contribution in [-0.4, -0.2) is 18.1 Å². The Morgan fingerprint density at radius 3 is 2.74 bits per heavy atom. The Bertz CT molecular complexity index is 473. The molecule has 0 spiro atoms. The van der Waals surface area contributed by atoms with Crippen LogP contribution in [0.2, 0.25) is 0 Å². The molecule has 2 rings (SSSR count). The van der Waals surface area contributed by atoms with Crippen molar-refractivity contribution in [2.75, 3.05) is 0 Å². The highest BCUT2D eigenvalue weighted by Crippen LogP contribution is 2.26. The molecular weight excluding hydrogens is 247 g/mol. The molecular formula is C14H19FN2O2. The van der Waals surface area contributed by atoms with Crippen LogP contribution in [0.1, 0.15) is 38.3 Å². The van der Waals surface area contributed by atoms with Gasteiger partial charge in [0.15, 0.2) is 6.10 Å². The summed E-state index contributed by atoms with van der Waals surface area (Å²) in [6.07, 6.45) is 1.37. The SMILES string of the molecule is CC(Oc1cc(F)ccc1[C@@H](C)N)C(=O)NC1CC1. The van der Waals surface area contributed by atoms with Crippen molar-refractivity contribution in [1.29, 1.82) is 0 Å². The van der Waals surface area contributed by atoms with Crippen molar-refractivity contribution in [1.82, 2.24) is 5.32 Å². The lowest BCUT2D eigenvalue weighted by Gasteiger charge is -2.18. The summed E-state index contributed by atoms with van der Waals surface area (Å²) in [5.74, 6) is -0.259. The summed E-state index contributed by atoms with van der Waals surface area (Å²) in [6.45, 7) is 3.43. The van der Waals surface area contributed by atoms with Gasteiger partial charge in [-0.2, -0.15) is 0 Å². The summed E-state index contributed by atoms with van der Waals surface area (Å²) in [5, 5.41) is 2.85. The standard InChI is InChI=1S/C14H19FN2O2/c1-8(16)12-6-3-10(15)7-13(12)19-9(2)14(18)17-11-4-5-11/h3,6-9,11H,4-5,16H2,1-2H3,(H,17,18)/t8-,9?/m1/s1. The lowest BCUT2D eigenvalue weighted by Crippen LogP contribution is -2.37. The van der Waals surface area contributed by atoms with Gasteiger partial charge in [0.2, 0.25) is 0 Å². The first-order valence-corrected chi connectivity index (χ1v) is 6.49. The van der Waals surface area contributed by atoms with Gasteiger partial charge < -0.3 is 15.8 Å². The van der Waals surface area contributed by atoms with E-state index in [0.717, 1.165) is 12.8 Å². The van der Waals surface area contributed by atoms with Crippen LogP contribution in [-0.2, 0) is 4.79 Å². The molecule has 104 valence electrons. The van der Waals surface area contributed by atoms with Gasteiger partial charge in [-0.25, -0.2) is 4.39 Å². The van der Waals surface area contributed by atoms with Crippen LogP contribution in [0.4, 0.5) is 4.39 Å². The fourth-order valence-electron chi connectivity index (χ4n) is 1.78. The first-order chi connectivity index (χ1) is 8.97. The molecule has 4 nitrogen and oxygen atoms in total. The summed E-state index contributed by atoms with van der Waals surface area (Å²) in [7, 11) is 0. The zero-order chi connectivity index (χ0) is 14.0. The van der Waals surface area contributed by atoms with Gasteiger partial charge in [0.25, 0.3) is 5.91 Å². The second kappa shape index (κ2) is 5.57. The smallest absolute Gasteiger partial charge is 0.260 e. The lowest BCUT2D eigenvalue weighted by atomic mass is 10.1. The van der Waals surface area contributed by atoms with Crippen LogP contribution >= 0.6 is 0 Å². The predicted octanol–water partition coefficient (Wildman–Crippen LogP) is 1.89. The molecule has 1 unspecified atom stereocenters. The van der Waals surface area contributed by atoms with E-state index in [1.165, 1.54) is 12.1 Å². The molecule has 1 aliphatic carbocycles. The molecule has 0 aromatic heterocycles. The maximum atomic E-state index is 13.3. The van der Waals surface area contributed by atoms with E-state index in [1.807, 2.05) is 0 Å². The maximum Gasteiger partial charge on any atom is 0.260 e. The predicted molar refractivity (Wildman–Crippen MR) is 70.3 cm³/mol. The molecule has 5 heteroatoms. The number of carbonyl (C=O) groups is 1. The lowest BCUT2D eigenvalue weighted by molar-refractivity contribution is -0.127. The minimum Gasteiger partial charge on any atom is -0.480 e. The van der Waals surface area contributed by atoms with E-state index in [0.29, 0.717) is 11.3 Å². The van der Waals surface area contributed by atoms with Gasteiger partial charge in [0.1, 0.15) is 11.6 Å². The summed E-state index contributed by atoms with van der Waals surface area (Å²) in [4.78, 5) is 11.8. The van der Waals surface area contributed by atoms with Gasteiger partial charge in [-0.05, 0) is 32.8 Å². The zero-order valence-electron chi connectivity index (χ0n) is 11.2. The first-order valence-electron chi connectivity index (χ1n) is 6.49. The van der Waals surface area contributed by atoms with Crippen molar-refractivity contribution in [2.24, 2.45) is 5.73 Å². The van der Waals surface area contributed by atoms with Crippen molar-refractivity contribution in [3.8, 4) is 5.75 Å². The average Bonchev–Trinajstić information content (AvgIpc) is 3.12. The van der Waals surface area contributed by atoms with E-state index in [1.54, 1.807) is 19.9 Å².